The molecule has 28 heavy (non-hydrogen) atoms. The highest BCUT2D eigenvalue weighted by Crippen LogP contribution is 2.44. The molecule has 0 fully saturated rings. The molecule has 4 nitrogen and oxygen atoms in total. The first-order valence-corrected chi connectivity index (χ1v) is 10.0. The van der Waals surface area contributed by atoms with Crippen LogP contribution in [0.4, 0.5) is 10.5 Å². The molecular formula is C23H18INO3. The van der Waals surface area contributed by atoms with Crippen molar-refractivity contribution >= 4 is 40.7 Å². The van der Waals surface area contributed by atoms with Gasteiger partial charge in [0.15, 0.2) is 0 Å². The monoisotopic (exact) mass is 483 g/mol. The van der Waals surface area contributed by atoms with Crippen LogP contribution in [0.5, 0.6) is 0 Å². The third-order valence-electron chi connectivity index (χ3n) is 5.10. The first-order chi connectivity index (χ1) is 13.6. The van der Waals surface area contributed by atoms with Crippen molar-refractivity contribution in [1.29, 1.82) is 0 Å². The minimum Gasteiger partial charge on any atom is -0.448 e. The van der Waals surface area contributed by atoms with Gasteiger partial charge in [-0.05, 0) is 69.5 Å². The second-order valence-electron chi connectivity index (χ2n) is 6.74. The number of halogens is 1. The number of carbonyl (C=O) groups is 2. The van der Waals surface area contributed by atoms with Gasteiger partial charge in [-0.2, -0.15) is 0 Å². The van der Waals surface area contributed by atoms with Crippen LogP contribution in [0.2, 0.25) is 0 Å². The van der Waals surface area contributed by atoms with E-state index >= 15 is 0 Å². The van der Waals surface area contributed by atoms with E-state index in [0.717, 1.165) is 15.4 Å². The van der Waals surface area contributed by atoms with Crippen molar-refractivity contribution in [3.63, 3.8) is 0 Å². The van der Waals surface area contributed by atoms with Gasteiger partial charge in [-0.25, -0.2) is 4.79 Å². The number of hydrogen-bond donors (Lipinski definition) is 1. The van der Waals surface area contributed by atoms with E-state index in [0.29, 0.717) is 11.3 Å². The van der Waals surface area contributed by atoms with Crippen molar-refractivity contribution in [2.24, 2.45) is 0 Å². The van der Waals surface area contributed by atoms with E-state index in [-0.39, 0.29) is 12.5 Å². The van der Waals surface area contributed by atoms with Gasteiger partial charge >= 0.3 is 6.09 Å². The number of hydrogen-bond acceptors (Lipinski definition) is 3. The van der Waals surface area contributed by atoms with Crippen LogP contribution in [-0.2, 0) is 4.74 Å². The molecule has 0 unspecified atom stereocenters. The summed E-state index contributed by atoms with van der Waals surface area (Å²) >= 11 is 2.15. The third-order valence-corrected chi connectivity index (χ3v) is 6.22. The van der Waals surface area contributed by atoms with Crippen LogP contribution in [0, 0.1) is 10.5 Å². The number of rotatable bonds is 4. The number of nitrogens with one attached hydrogen (secondary N) is 1. The van der Waals surface area contributed by atoms with Crippen LogP contribution in [0.15, 0.2) is 60.7 Å². The van der Waals surface area contributed by atoms with E-state index in [1.807, 2.05) is 37.3 Å². The highest BCUT2D eigenvalue weighted by molar-refractivity contribution is 14.1. The molecule has 0 saturated carbocycles. The van der Waals surface area contributed by atoms with E-state index in [1.54, 1.807) is 6.07 Å². The topological polar surface area (TPSA) is 55.4 Å². The maximum atomic E-state index is 12.4. The van der Waals surface area contributed by atoms with Gasteiger partial charge in [0, 0.05) is 20.7 Å². The van der Waals surface area contributed by atoms with Crippen LogP contribution in [-0.4, -0.2) is 19.0 Å². The molecule has 0 aromatic heterocycles. The highest BCUT2D eigenvalue weighted by Gasteiger charge is 2.29. The standard InChI is InChI=1S/C23H18INO3/c1-14-15(12-26)10-16(11-22(14)24)25-23(27)28-13-21-19-8-4-2-6-17(19)18-7-3-5-9-20(18)21/h2-12,21H,13H2,1H3,(H,25,27). The van der Waals surface area contributed by atoms with Gasteiger partial charge in [0.05, 0.1) is 0 Å². The van der Waals surface area contributed by atoms with Crippen molar-refractivity contribution in [3.05, 3.63) is 86.5 Å². The van der Waals surface area contributed by atoms with E-state index in [2.05, 4.69) is 52.2 Å². The molecule has 0 bridgehead atoms. The van der Waals surface area contributed by atoms with Crippen LogP contribution in [0.3, 0.4) is 0 Å². The average Bonchev–Trinajstić information content (AvgIpc) is 3.03. The zero-order valence-electron chi connectivity index (χ0n) is 15.2. The van der Waals surface area contributed by atoms with Crippen LogP contribution < -0.4 is 5.32 Å². The Labute approximate surface area is 177 Å². The van der Waals surface area contributed by atoms with Gasteiger partial charge in [0.1, 0.15) is 12.9 Å². The summed E-state index contributed by atoms with van der Waals surface area (Å²) in [5.41, 5.74) is 6.73. The fourth-order valence-electron chi connectivity index (χ4n) is 3.65. The lowest BCUT2D eigenvalue weighted by atomic mass is 9.98. The molecule has 1 aliphatic carbocycles. The first kappa shape index (κ1) is 18.7. The Morgan fingerprint density at radius 1 is 1.07 bits per heavy atom. The van der Waals surface area contributed by atoms with E-state index < -0.39 is 6.09 Å². The molecular weight excluding hydrogens is 465 g/mol. The minimum absolute atomic E-state index is 0.0156. The lowest BCUT2D eigenvalue weighted by Crippen LogP contribution is -2.18. The van der Waals surface area contributed by atoms with Crippen molar-refractivity contribution in [2.75, 3.05) is 11.9 Å². The average molecular weight is 483 g/mol. The lowest BCUT2D eigenvalue weighted by Gasteiger charge is -2.15. The van der Waals surface area contributed by atoms with Crippen molar-refractivity contribution in [2.45, 2.75) is 12.8 Å². The van der Waals surface area contributed by atoms with Crippen LogP contribution >= 0.6 is 22.6 Å². The molecule has 3 aromatic carbocycles. The van der Waals surface area contributed by atoms with E-state index in [4.69, 9.17) is 4.74 Å². The molecule has 0 radical (unpaired) electrons. The number of fused-ring (bicyclic) bond motifs is 3. The number of carbonyl (C=O) groups excluding carboxylic acids is 2. The van der Waals surface area contributed by atoms with Crippen molar-refractivity contribution < 1.29 is 14.3 Å². The molecule has 140 valence electrons. The van der Waals surface area contributed by atoms with Gasteiger partial charge in [-0.1, -0.05) is 48.5 Å². The predicted molar refractivity (Wildman–Crippen MR) is 118 cm³/mol. The second-order valence-corrected chi connectivity index (χ2v) is 7.90. The van der Waals surface area contributed by atoms with E-state index in [1.165, 1.54) is 22.3 Å². The molecule has 0 saturated heterocycles. The summed E-state index contributed by atoms with van der Waals surface area (Å²) in [4.78, 5) is 23.6. The summed E-state index contributed by atoms with van der Waals surface area (Å²) < 4.78 is 6.46. The largest absolute Gasteiger partial charge is 0.448 e. The maximum Gasteiger partial charge on any atom is 0.411 e. The van der Waals surface area contributed by atoms with Gasteiger partial charge < -0.3 is 4.74 Å². The predicted octanol–water partition coefficient (Wildman–Crippen LogP) is 5.77. The molecule has 0 aliphatic heterocycles. The summed E-state index contributed by atoms with van der Waals surface area (Å²) in [6.45, 7) is 2.13. The van der Waals surface area contributed by atoms with Crippen LogP contribution in [0.25, 0.3) is 11.1 Å². The molecule has 0 spiro atoms. The Morgan fingerprint density at radius 2 is 1.68 bits per heavy atom. The van der Waals surface area contributed by atoms with Gasteiger partial charge in [0.25, 0.3) is 0 Å². The van der Waals surface area contributed by atoms with E-state index in [9.17, 15) is 9.59 Å². The summed E-state index contributed by atoms with van der Waals surface area (Å²) in [5.74, 6) is 0.0156. The summed E-state index contributed by atoms with van der Waals surface area (Å²) in [5, 5.41) is 2.73. The molecule has 1 N–H and O–H groups in total. The third kappa shape index (κ3) is 3.42. The molecule has 0 atom stereocenters. The number of anilines is 1. The van der Waals surface area contributed by atoms with Gasteiger partial charge in [0.2, 0.25) is 0 Å². The Balaban J connectivity index is 1.50. The number of benzene rings is 3. The maximum absolute atomic E-state index is 12.4. The zero-order chi connectivity index (χ0) is 19.7. The molecule has 4 rings (SSSR count). The molecule has 3 aromatic rings. The smallest absolute Gasteiger partial charge is 0.411 e. The fraction of sp³-hybridized carbons (Fsp3) is 0.130. The Bertz CT molecular complexity index is 1030. The van der Waals surface area contributed by atoms with Gasteiger partial charge in [-0.15, -0.1) is 0 Å². The lowest BCUT2D eigenvalue weighted by molar-refractivity contribution is 0.112. The molecule has 1 aliphatic rings. The van der Waals surface area contributed by atoms with Gasteiger partial charge in [-0.3, -0.25) is 10.1 Å². The molecule has 1 amide bonds. The summed E-state index contributed by atoms with van der Waals surface area (Å²) in [6, 6.07) is 19.9. The minimum atomic E-state index is -0.529. The molecule has 5 heteroatoms. The Hall–Kier alpha value is -2.67. The van der Waals surface area contributed by atoms with Crippen molar-refractivity contribution in [1.82, 2.24) is 0 Å². The highest BCUT2D eigenvalue weighted by atomic mass is 127. The first-order valence-electron chi connectivity index (χ1n) is 8.96. The number of ether oxygens (including phenoxy) is 1. The molecule has 0 heterocycles. The summed E-state index contributed by atoms with van der Waals surface area (Å²) in [6.07, 6.45) is 0.263. The SMILES string of the molecule is Cc1c(I)cc(NC(=O)OCC2c3ccccc3-c3ccccc32)cc1C=O. The van der Waals surface area contributed by atoms with Crippen LogP contribution in [0.1, 0.15) is 33.0 Å². The fourth-order valence-corrected chi connectivity index (χ4v) is 4.29. The summed E-state index contributed by atoms with van der Waals surface area (Å²) in [7, 11) is 0. The zero-order valence-corrected chi connectivity index (χ0v) is 17.4. The number of amides is 1. The Morgan fingerprint density at radius 3 is 2.29 bits per heavy atom. The Kier molecular flexibility index (Phi) is 5.17. The quantitative estimate of drug-likeness (QED) is 0.379. The normalized spacial score (nSPS) is 12.2. The van der Waals surface area contributed by atoms with Crippen molar-refractivity contribution in [3.8, 4) is 11.1 Å². The second kappa shape index (κ2) is 7.75. The number of aldehydes is 1.